The molecule has 3 aromatic heterocycles. The smallest absolute Gasteiger partial charge is 0.164 e. The van der Waals surface area contributed by atoms with E-state index in [1.807, 2.05) is 60.7 Å². The van der Waals surface area contributed by atoms with E-state index in [1.165, 1.54) is 22.6 Å². The first-order chi connectivity index (χ1) is 25.5. The molecule has 0 aliphatic heterocycles. The number of aliphatic hydroxyl groups is 1. The molecule has 0 saturated heterocycles. The molecule has 0 spiro atoms. The summed E-state index contributed by atoms with van der Waals surface area (Å²) in [6.45, 7) is 25.3. The van der Waals surface area contributed by atoms with E-state index in [4.69, 9.17) is 13.8 Å². The molecular formula is C49H60IrNO4-. The Morgan fingerprint density at radius 2 is 1.51 bits per heavy atom. The van der Waals surface area contributed by atoms with Gasteiger partial charge >= 0.3 is 0 Å². The number of aromatic nitrogens is 1. The van der Waals surface area contributed by atoms with Gasteiger partial charge in [0.2, 0.25) is 0 Å². The van der Waals surface area contributed by atoms with E-state index in [9.17, 15) is 9.90 Å². The van der Waals surface area contributed by atoms with Crippen LogP contribution in [0.25, 0.3) is 55.3 Å². The van der Waals surface area contributed by atoms with Gasteiger partial charge < -0.3 is 13.9 Å². The number of pyridine rings is 1. The van der Waals surface area contributed by atoms with Crippen LogP contribution in [-0.2, 0) is 36.7 Å². The summed E-state index contributed by atoms with van der Waals surface area (Å²) in [5.41, 5.74) is 6.39. The number of aliphatic hydroxyl groups excluding tert-OH is 1. The maximum atomic E-state index is 12.2. The quantitative estimate of drug-likeness (QED) is 0.0796. The molecule has 0 aliphatic carbocycles. The number of rotatable bonds is 11. The number of fused-ring (bicyclic) bond motifs is 3. The summed E-state index contributed by atoms with van der Waals surface area (Å²) in [6, 6.07) is 24.9. The fourth-order valence-electron chi connectivity index (χ4n) is 7.11. The molecule has 0 bridgehead atoms. The second-order valence-electron chi connectivity index (χ2n) is 17.0. The normalized spacial score (nSPS) is 12.6. The first-order valence-electron chi connectivity index (χ1n) is 19.8. The van der Waals surface area contributed by atoms with Crippen molar-refractivity contribution in [3.05, 3.63) is 102 Å². The summed E-state index contributed by atoms with van der Waals surface area (Å²) in [5.74, 6) is 2.54. The largest absolute Gasteiger partial charge is 0.512 e. The Morgan fingerprint density at radius 1 is 0.855 bits per heavy atom. The van der Waals surface area contributed by atoms with Crippen LogP contribution in [0.5, 0.6) is 0 Å². The Balaban J connectivity index is 0.000000320. The summed E-state index contributed by atoms with van der Waals surface area (Å²) < 4.78 is 12.7. The Bertz CT molecular complexity index is 2290. The second kappa shape index (κ2) is 17.4. The van der Waals surface area contributed by atoms with Gasteiger partial charge in [-0.15, -0.1) is 29.1 Å². The van der Waals surface area contributed by atoms with Gasteiger partial charge in [0.25, 0.3) is 0 Å². The Kier molecular flexibility index (Phi) is 13.9. The second-order valence-corrected chi connectivity index (χ2v) is 17.0. The number of carbonyl (C=O) groups is 1. The first kappa shape index (κ1) is 43.7. The summed E-state index contributed by atoms with van der Waals surface area (Å²) >= 11 is 0. The van der Waals surface area contributed by atoms with Crippen LogP contribution in [-0.4, -0.2) is 15.9 Å². The van der Waals surface area contributed by atoms with Gasteiger partial charge in [-0.1, -0.05) is 111 Å². The molecule has 6 aromatic rings. The van der Waals surface area contributed by atoms with Crippen LogP contribution in [0.1, 0.15) is 119 Å². The van der Waals surface area contributed by atoms with Crippen molar-refractivity contribution in [1.29, 1.82) is 0 Å². The van der Waals surface area contributed by atoms with E-state index in [-0.39, 0.29) is 47.9 Å². The molecule has 0 saturated carbocycles. The van der Waals surface area contributed by atoms with Crippen LogP contribution in [0.2, 0.25) is 0 Å². The van der Waals surface area contributed by atoms with E-state index < -0.39 is 0 Å². The average molecular weight is 919 g/mol. The number of aryl methyl sites for hydroxylation is 1. The zero-order chi connectivity index (χ0) is 39.6. The number of carbonyl (C=O) groups excluding carboxylic acids is 1. The molecule has 5 nitrogen and oxygen atoms in total. The SMILES string of the molecule is CCC(C)(CC)C(=O)/C=C(\O)C(C)(CC)CC.Cc1oc2ccc(CC(C)C)cc2c1-c1cc2ccnc(-c3[c-]c4ccccc4c(C(C)(C)C)c3)c2o1.[Ir]. The number of allylic oxidation sites excluding steroid dienone is 2. The topological polar surface area (TPSA) is 76.5 Å². The molecule has 0 fully saturated rings. The molecule has 1 radical (unpaired) electrons. The van der Waals surface area contributed by atoms with Crippen molar-refractivity contribution in [2.45, 2.75) is 121 Å². The van der Waals surface area contributed by atoms with E-state index >= 15 is 0 Å². The van der Waals surface area contributed by atoms with Crippen molar-refractivity contribution in [2.24, 2.45) is 16.7 Å². The minimum absolute atomic E-state index is 0. The molecule has 3 aromatic carbocycles. The summed E-state index contributed by atoms with van der Waals surface area (Å²) in [6.07, 6.45) is 7.64. The number of furan rings is 2. The summed E-state index contributed by atoms with van der Waals surface area (Å²) in [5, 5.41) is 14.6. The predicted molar refractivity (Wildman–Crippen MR) is 226 cm³/mol. The molecule has 0 atom stereocenters. The minimum Gasteiger partial charge on any atom is -0.512 e. The van der Waals surface area contributed by atoms with E-state index in [2.05, 4.69) is 95.3 Å². The molecule has 1 N–H and O–H groups in total. The Morgan fingerprint density at radius 3 is 2.13 bits per heavy atom. The van der Waals surface area contributed by atoms with Gasteiger partial charge in [-0.05, 0) is 80.2 Å². The molecule has 0 aliphatic rings. The molecule has 55 heavy (non-hydrogen) atoms. The van der Waals surface area contributed by atoms with Crippen molar-refractivity contribution < 1.29 is 38.8 Å². The number of nitrogens with zero attached hydrogens (tertiary/aromatic N) is 1. The molecule has 0 amide bonds. The molecule has 6 heteroatoms. The fraction of sp³-hybridized carbons (Fsp3) is 0.429. The molecule has 3 heterocycles. The van der Waals surface area contributed by atoms with E-state index in [0.717, 1.165) is 87.8 Å². The van der Waals surface area contributed by atoms with Crippen molar-refractivity contribution in [2.75, 3.05) is 0 Å². The minimum atomic E-state index is -0.337. The van der Waals surface area contributed by atoms with E-state index in [0.29, 0.717) is 5.92 Å². The Hall–Kier alpha value is -3.99. The van der Waals surface area contributed by atoms with Gasteiger partial charge in [0, 0.05) is 59.7 Å². The van der Waals surface area contributed by atoms with E-state index in [1.54, 1.807) is 0 Å². The van der Waals surface area contributed by atoms with Gasteiger partial charge in [-0.25, -0.2) is 0 Å². The monoisotopic (exact) mass is 919 g/mol. The van der Waals surface area contributed by atoms with Crippen LogP contribution in [0, 0.1) is 29.7 Å². The first-order valence-corrected chi connectivity index (χ1v) is 19.8. The standard InChI is InChI=1S/C34H32NO2.C15H28O2.Ir/c1-20(2)15-22-11-12-29-27(16-22)31(21(3)36-29)30-19-24-13-14-35-32(33(24)37-30)25-17-23-9-7-8-10-26(23)28(18-25)34(4,5)6;1-7-14(5,8-2)12(16)11-13(17)15(6,9-3)10-4;/h7-14,16,18-20H,15H2,1-6H3;11,16H,7-10H2,1-6H3;/q-1;;/b;12-11-;. The van der Waals surface area contributed by atoms with Crippen LogP contribution in [0.3, 0.4) is 0 Å². The average Bonchev–Trinajstić information content (AvgIpc) is 3.72. The molecule has 295 valence electrons. The third kappa shape index (κ3) is 9.19. The zero-order valence-electron chi connectivity index (χ0n) is 35.0. The van der Waals surface area contributed by atoms with Crippen molar-refractivity contribution in [1.82, 2.24) is 4.98 Å². The number of hydrogen-bond acceptors (Lipinski definition) is 5. The van der Waals surface area contributed by atoms with Crippen LogP contribution in [0.15, 0.2) is 87.5 Å². The van der Waals surface area contributed by atoms with Crippen LogP contribution < -0.4 is 0 Å². The zero-order valence-corrected chi connectivity index (χ0v) is 37.4. The summed E-state index contributed by atoms with van der Waals surface area (Å²) in [7, 11) is 0. The third-order valence-corrected chi connectivity index (χ3v) is 11.7. The predicted octanol–water partition coefficient (Wildman–Crippen LogP) is 14.3. The Labute approximate surface area is 342 Å². The molecule has 0 unspecified atom stereocenters. The van der Waals surface area contributed by atoms with Crippen molar-refractivity contribution in [3.8, 4) is 22.6 Å². The van der Waals surface area contributed by atoms with Gasteiger partial charge in [-0.3, -0.25) is 9.78 Å². The maximum absolute atomic E-state index is 12.2. The van der Waals surface area contributed by atoms with Gasteiger partial charge in [-0.2, -0.15) is 0 Å². The molecular weight excluding hydrogens is 859 g/mol. The third-order valence-electron chi connectivity index (χ3n) is 11.7. The van der Waals surface area contributed by atoms with Crippen LogP contribution in [0.4, 0.5) is 0 Å². The number of ketones is 1. The van der Waals surface area contributed by atoms with Crippen molar-refractivity contribution in [3.63, 3.8) is 0 Å². The van der Waals surface area contributed by atoms with Crippen LogP contribution >= 0.6 is 0 Å². The molecule has 6 rings (SSSR count). The maximum Gasteiger partial charge on any atom is 0.164 e. The van der Waals surface area contributed by atoms with Gasteiger partial charge in [0.05, 0.1) is 5.56 Å². The van der Waals surface area contributed by atoms with Crippen molar-refractivity contribution >= 4 is 38.5 Å². The van der Waals surface area contributed by atoms with Gasteiger partial charge in [0.1, 0.15) is 28.4 Å². The summed E-state index contributed by atoms with van der Waals surface area (Å²) in [4.78, 5) is 17.0. The number of benzene rings is 3. The van der Waals surface area contributed by atoms with Gasteiger partial charge in [0.15, 0.2) is 5.78 Å². The fourth-order valence-corrected chi connectivity index (χ4v) is 7.11. The number of hydrogen-bond donors (Lipinski definition) is 1.